The van der Waals surface area contributed by atoms with Crippen molar-refractivity contribution in [3.8, 4) is 0 Å². The fourth-order valence-electron chi connectivity index (χ4n) is 2.48. The normalized spacial score (nSPS) is 11.1. The molecule has 124 valence electrons. The zero-order valence-electron chi connectivity index (χ0n) is 13.5. The molecular weight excluding hydrogens is 324 g/mol. The molecule has 0 atom stereocenters. The number of hydrogen-bond acceptors (Lipinski definition) is 5. The average Bonchev–Trinajstić information content (AvgIpc) is 3.07. The van der Waals surface area contributed by atoms with E-state index < -0.39 is 0 Å². The van der Waals surface area contributed by atoms with E-state index in [1.807, 2.05) is 12.1 Å². The van der Waals surface area contributed by atoms with Gasteiger partial charge in [0.25, 0.3) is 11.5 Å². The molecule has 0 unspecified atom stereocenters. The number of carbonyl (C=O) groups excluding carboxylic acids is 1. The van der Waals surface area contributed by atoms with Gasteiger partial charge in [-0.05, 0) is 18.4 Å². The summed E-state index contributed by atoms with van der Waals surface area (Å²) in [6.45, 7) is 4.80. The quantitative estimate of drug-likeness (QED) is 0.773. The summed E-state index contributed by atoms with van der Waals surface area (Å²) in [6.07, 6.45) is 2.51. The molecule has 1 aromatic carbocycles. The molecule has 24 heavy (non-hydrogen) atoms. The number of amides is 1. The Hall–Kier alpha value is -2.54. The molecule has 0 fully saturated rings. The van der Waals surface area contributed by atoms with Gasteiger partial charge < -0.3 is 4.57 Å². The van der Waals surface area contributed by atoms with Gasteiger partial charge in [0.05, 0.1) is 5.56 Å². The number of carbonyl (C=O) groups is 1. The molecule has 6 nitrogen and oxygen atoms in total. The molecule has 0 saturated carbocycles. The number of aromatic nitrogens is 3. The van der Waals surface area contributed by atoms with E-state index in [9.17, 15) is 9.59 Å². The fourth-order valence-corrected chi connectivity index (χ4v) is 2.92. The molecule has 0 saturated heterocycles. The van der Waals surface area contributed by atoms with E-state index in [1.54, 1.807) is 28.4 Å². The van der Waals surface area contributed by atoms with Crippen LogP contribution in [0.5, 0.6) is 0 Å². The Kier molecular flexibility index (Phi) is 4.71. The van der Waals surface area contributed by atoms with Gasteiger partial charge in [0.1, 0.15) is 5.51 Å². The van der Waals surface area contributed by atoms with Crippen LogP contribution in [0.25, 0.3) is 10.8 Å². The van der Waals surface area contributed by atoms with Crippen molar-refractivity contribution in [1.29, 1.82) is 0 Å². The van der Waals surface area contributed by atoms with Crippen LogP contribution in [-0.2, 0) is 6.54 Å². The lowest BCUT2D eigenvalue weighted by molar-refractivity contribution is 0.102. The summed E-state index contributed by atoms with van der Waals surface area (Å²) in [6, 6.07) is 7.18. The van der Waals surface area contributed by atoms with E-state index in [0.717, 1.165) is 6.42 Å². The number of aryl methyl sites for hydroxylation is 1. The second-order valence-electron chi connectivity index (χ2n) is 5.97. The lowest BCUT2D eigenvalue weighted by atomic mass is 10.1. The summed E-state index contributed by atoms with van der Waals surface area (Å²) in [5.41, 5.74) is 1.94. The Morgan fingerprint density at radius 3 is 2.71 bits per heavy atom. The smallest absolute Gasteiger partial charge is 0.259 e. The van der Waals surface area contributed by atoms with Crippen molar-refractivity contribution in [2.75, 3.05) is 5.32 Å². The molecule has 0 bridgehead atoms. The third-order valence-corrected chi connectivity index (χ3v) is 4.37. The van der Waals surface area contributed by atoms with Gasteiger partial charge in [-0.1, -0.05) is 43.4 Å². The molecular formula is C17H18N4O2S. The highest BCUT2D eigenvalue weighted by atomic mass is 32.1. The standard InChI is InChI=1S/C17H18N4O2S/c1-11(2)7-8-21-9-14(15(22)19-17-20-18-10-24-17)12-5-3-4-6-13(12)16(21)23/h3-6,9-11H,7-8H2,1-2H3,(H,19,20,22). The Labute approximate surface area is 143 Å². The first-order valence-corrected chi connectivity index (χ1v) is 8.64. The molecule has 0 radical (unpaired) electrons. The summed E-state index contributed by atoms with van der Waals surface area (Å²) in [7, 11) is 0. The highest BCUT2D eigenvalue weighted by Gasteiger charge is 2.16. The number of rotatable bonds is 5. The number of benzene rings is 1. The van der Waals surface area contributed by atoms with Crippen molar-refractivity contribution in [3.05, 3.63) is 51.9 Å². The molecule has 2 heterocycles. The Morgan fingerprint density at radius 2 is 2.04 bits per heavy atom. The second kappa shape index (κ2) is 6.92. The van der Waals surface area contributed by atoms with E-state index in [-0.39, 0.29) is 11.5 Å². The maximum absolute atomic E-state index is 12.6. The van der Waals surface area contributed by atoms with Gasteiger partial charge in [0.15, 0.2) is 0 Å². The Morgan fingerprint density at radius 1 is 1.29 bits per heavy atom. The highest BCUT2D eigenvalue weighted by Crippen LogP contribution is 2.18. The molecule has 0 spiro atoms. The number of hydrogen-bond donors (Lipinski definition) is 1. The number of anilines is 1. The van der Waals surface area contributed by atoms with E-state index in [0.29, 0.717) is 33.9 Å². The van der Waals surface area contributed by atoms with Gasteiger partial charge in [0.2, 0.25) is 5.13 Å². The third kappa shape index (κ3) is 3.35. The average molecular weight is 342 g/mol. The molecule has 1 amide bonds. The predicted molar refractivity (Wildman–Crippen MR) is 95.5 cm³/mol. The van der Waals surface area contributed by atoms with Crippen molar-refractivity contribution in [2.45, 2.75) is 26.8 Å². The van der Waals surface area contributed by atoms with Gasteiger partial charge in [-0.15, -0.1) is 10.2 Å². The first kappa shape index (κ1) is 16.3. The lowest BCUT2D eigenvalue weighted by Gasteiger charge is -2.13. The largest absolute Gasteiger partial charge is 0.314 e. The van der Waals surface area contributed by atoms with Gasteiger partial charge in [0, 0.05) is 23.5 Å². The van der Waals surface area contributed by atoms with E-state index in [4.69, 9.17) is 0 Å². The number of fused-ring (bicyclic) bond motifs is 1. The van der Waals surface area contributed by atoms with Gasteiger partial charge in [-0.2, -0.15) is 0 Å². The van der Waals surface area contributed by atoms with Crippen LogP contribution in [0.15, 0.2) is 40.8 Å². The first-order chi connectivity index (χ1) is 11.6. The molecule has 1 N–H and O–H groups in total. The molecule has 0 aliphatic heterocycles. The molecule has 0 aliphatic rings. The third-order valence-electron chi connectivity index (χ3n) is 3.77. The van der Waals surface area contributed by atoms with Gasteiger partial charge in [-0.25, -0.2) is 0 Å². The maximum atomic E-state index is 12.6. The monoisotopic (exact) mass is 342 g/mol. The van der Waals surface area contributed by atoms with Crippen LogP contribution in [-0.4, -0.2) is 20.7 Å². The fraction of sp³-hybridized carbons (Fsp3) is 0.294. The lowest BCUT2D eigenvalue weighted by Crippen LogP contribution is -2.24. The molecule has 0 aliphatic carbocycles. The number of pyridine rings is 1. The van der Waals surface area contributed by atoms with Crippen LogP contribution in [0.2, 0.25) is 0 Å². The highest BCUT2D eigenvalue weighted by molar-refractivity contribution is 7.13. The SMILES string of the molecule is CC(C)CCn1cc(C(=O)Nc2nncs2)c2ccccc2c1=O. The Balaban J connectivity index is 2.06. The maximum Gasteiger partial charge on any atom is 0.259 e. The molecule has 2 aromatic heterocycles. The van der Waals surface area contributed by atoms with E-state index in [2.05, 4.69) is 29.4 Å². The summed E-state index contributed by atoms with van der Waals surface area (Å²) in [4.78, 5) is 25.3. The van der Waals surface area contributed by atoms with E-state index in [1.165, 1.54) is 11.3 Å². The van der Waals surface area contributed by atoms with Crippen LogP contribution in [0.4, 0.5) is 5.13 Å². The summed E-state index contributed by atoms with van der Waals surface area (Å²) >= 11 is 1.25. The Bertz CT molecular complexity index is 916. The van der Waals surface area contributed by atoms with Gasteiger partial charge >= 0.3 is 0 Å². The summed E-state index contributed by atoms with van der Waals surface area (Å²) < 4.78 is 1.62. The first-order valence-electron chi connectivity index (χ1n) is 7.76. The molecule has 3 aromatic rings. The zero-order valence-corrected chi connectivity index (χ0v) is 14.3. The van der Waals surface area contributed by atoms with Crippen molar-refractivity contribution in [2.24, 2.45) is 5.92 Å². The summed E-state index contributed by atoms with van der Waals surface area (Å²) in [5.74, 6) is 0.184. The summed E-state index contributed by atoms with van der Waals surface area (Å²) in [5, 5.41) is 11.9. The van der Waals surface area contributed by atoms with Crippen LogP contribution in [0, 0.1) is 5.92 Å². The van der Waals surface area contributed by atoms with Crippen molar-refractivity contribution < 1.29 is 4.79 Å². The minimum Gasteiger partial charge on any atom is -0.314 e. The van der Waals surface area contributed by atoms with E-state index >= 15 is 0 Å². The number of nitrogens with zero attached hydrogens (tertiary/aromatic N) is 3. The predicted octanol–water partition coefficient (Wildman–Crippen LogP) is 3.15. The number of nitrogens with one attached hydrogen (secondary N) is 1. The molecule has 7 heteroatoms. The topological polar surface area (TPSA) is 76.9 Å². The van der Waals surface area contributed by atoms with Crippen LogP contribution in [0.3, 0.4) is 0 Å². The van der Waals surface area contributed by atoms with Crippen molar-refractivity contribution >= 4 is 33.1 Å². The van der Waals surface area contributed by atoms with Crippen molar-refractivity contribution in [3.63, 3.8) is 0 Å². The zero-order chi connectivity index (χ0) is 17.1. The van der Waals surface area contributed by atoms with Crippen LogP contribution in [0.1, 0.15) is 30.6 Å². The second-order valence-corrected chi connectivity index (χ2v) is 6.80. The minimum atomic E-state index is -0.291. The van der Waals surface area contributed by atoms with Crippen LogP contribution >= 0.6 is 11.3 Å². The van der Waals surface area contributed by atoms with Crippen molar-refractivity contribution in [1.82, 2.24) is 14.8 Å². The van der Waals surface area contributed by atoms with Gasteiger partial charge in [-0.3, -0.25) is 14.9 Å². The van der Waals surface area contributed by atoms with Crippen LogP contribution < -0.4 is 10.9 Å². The molecule has 3 rings (SSSR count). The minimum absolute atomic E-state index is 0.0706.